The Labute approximate surface area is 48.0 Å². The van der Waals surface area contributed by atoms with Gasteiger partial charge in [0.1, 0.15) is 11.9 Å². The molecule has 0 fully saturated rings. The van der Waals surface area contributed by atoms with Gasteiger partial charge in [0.15, 0.2) is 0 Å². The molecule has 0 atom stereocenters. The average molecular weight is 110 g/mol. The van der Waals surface area contributed by atoms with Gasteiger partial charge in [-0.25, -0.2) is 4.57 Å². The Hall–Kier alpha value is -0.990. The zero-order valence-corrected chi connectivity index (χ0v) is 5.00. The third-order valence-corrected chi connectivity index (χ3v) is 0.840. The van der Waals surface area contributed by atoms with Gasteiger partial charge in [-0.15, -0.1) is 0 Å². The summed E-state index contributed by atoms with van der Waals surface area (Å²) >= 11 is 0. The first-order valence-corrected chi connectivity index (χ1v) is 2.43. The monoisotopic (exact) mass is 110 g/mol. The summed E-state index contributed by atoms with van der Waals surface area (Å²) < 4.78 is 1.86. The molecule has 0 spiro atoms. The molecule has 0 saturated carbocycles. The van der Waals surface area contributed by atoms with Crippen molar-refractivity contribution < 1.29 is 4.57 Å². The Kier molecular flexibility index (Phi) is 1.20. The summed E-state index contributed by atoms with van der Waals surface area (Å²) in [4.78, 5) is 0. The maximum atomic E-state index is 3.77. The van der Waals surface area contributed by atoms with E-state index in [0.717, 1.165) is 5.69 Å². The van der Waals surface area contributed by atoms with Crippen molar-refractivity contribution in [1.82, 2.24) is 10.2 Å². The molecule has 0 aliphatic carbocycles. The quantitative estimate of drug-likeness (QED) is 0.426. The van der Waals surface area contributed by atoms with Crippen LogP contribution >= 0.6 is 0 Å². The van der Waals surface area contributed by atoms with Gasteiger partial charge in [-0.05, 0) is 12.0 Å². The lowest BCUT2D eigenvalue weighted by atomic mass is 10.5. The average Bonchev–Trinajstić information content (AvgIpc) is 1.64. The van der Waals surface area contributed by atoms with E-state index in [9.17, 15) is 0 Å². The molecule has 8 heavy (non-hydrogen) atoms. The van der Waals surface area contributed by atoms with Crippen LogP contribution in [0.25, 0.3) is 0 Å². The van der Waals surface area contributed by atoms with Crippen LogP contribution in [0.4, 0.5) is 0 Å². The highest BCUT2D eigenvalue weighted by Crippen LogP contribution is 1.75. The van der Waals surface area contributed by atoms with Gasteiger partial charge in [0, 0.05) is 0 Å². The van der Waals surface area contributed by atoms with Gasteiger partial charge >= 0.3 is 6.33 Å². The van der Waals surface area contributed by atoms with Crippen molar-refractivity contribution in [2.75, 3.05) is 0 Å². The van der Waals surface area contributed by atoms with Crippen molar-refractivity contribution in [3.8, 4) is 0 Å². The van der Waals surface area contributed by atoms with Gasteiger partial charge in [-0.2, -0.15) is 0 Å². The zero-order valence-electron chi connectivity index (χ0n) is 5.00. The summed E-state index contributed by atoms with van der Waals surface area (Å²) in [7, 11) is 1.92. The van der Waals surface area contributed by atoms with Crippen LogP contribution in [0.15, 0.2) is 12.5 Å². The molecule has 1 rings (SSSR count). The standard InChI is InChI=1S/C5H8N3/c1-5-3-8(2)4-6-7-5/h3-4H,1-2H3/q+1. The van der Waals surface area contributed by atoms with Crippen molar-refractivity contribution in [2.45, 2.75) is 6.92 Å². The van der Waals surface area contributed by atoms with Crippen LogP contribution in [0.1, 0.15) is 5.69 Å². The van der Waals surface area contributed by atoms with Crippen molar-refractivity contribution in [1.29, 1.82) is 0 Å². The Morgan fingerprint density at radius 2 is 2.38 bits per heavy atom. The van der Waals surface area contributed by atoms with Crippen molar-refractivity contribution in [3.63, 3.8) is 0 Å². The third-order valence-electron chi connectivity index (χ3n) is 0.840. The Morgan fingerprint density at radius 1 is 1.62 bits per heavy atom. The number of hydrogen-bond acceptors (Lipinski definition) is 2. The minimum absolute atomic E-state index is 0.940. The second-order valence-electron chi connectivity index (χ2n) is 1.77. The first-order valence-electron chi connectivity index (χ1n) is 2.43. The second kappa shape index (κ2) is 1.86. The van der Waals surface area contributed by atoms with E-state index in [1.807, 2.05) is 24.7 Å². The molecular weight excluding hydrogens is 102 g/mol. The summed E-state index contributed by atoms with van der Waals surface area (Å²) in [6, 6.07) is 0. The number of rotatable bonds is 0. The summed E-state index contributed by atoms with van der Waals surface area (Å²) in [5.41, 5.74) is 0.940. The Balaban J connectivity index is 3.08. The summed E-state index contributed by atoms with van der Waals surface area (Å²) in [5.74, 6) is 0. The molecule has 0 aliphatic rings. The molecule has 0 bridgehead atoms. The normalized spacial score (nSPS) is 9.25. The van der Waals surface area contributed by atoms with E-state index in [0.29, 0.717) is 0 Å². The van der Waals surface area contributed by atoms with E-state index < -0.39 is 0 Å². The predicted octanol–water partition coefficient (Wildman–Crippen LogP) is -0.390. The molecule has 1 aromatic rings. The van der Waals surface area contributed by atoms with Crippen molar-refractivity contribution in [2.24, 2.45) is 7.05 Å². The summed E-state index contributed by atoms with van der Waals surface area (Å²) in [5, 5.41) is 7.47. The molecule has 1 heterocycles. The lowest BCUT2D eigenvalue weighted by Gasteiger charge is -1.83. The molecule has 1 aromatic heterocycles. The van der Waals surface area contributed by atoms with Gasteiger partial charge in [0.2, 0.25) is 0 Å². The van der Waals surface area contributed by atoms with Gasteiger partial charge in [0.25, 0.3) is 0 Å². The van der Waals surface area contributed by atoms with Crippen LogP contribution in [0.2, 0.25) is 0 Å². The fraction of sp³-hybridized carbons (Fsp3) is 0.400. The topological polar surface area (TPSA) is 29.7 Å². The minimum Gasteiger partial charge on any atom is -0.236 e. The number of hydrogen-bond donors (Lipinski definition) is 0. The highest BCUT2D eigenvalue weighted by molar-refractivity contribution is 4.79. The van der Waals surface area contributed by atoms with Crippen LogP contribution in [-0.2, 0) is 7.05 Å². The number of nitrogens with zero attached hydrogens (tertiary/aromatic N) is 3. The van der Waals surface area contributed by atoms with Crippen LogP contribution in [-0.4, -0.2) is 10.2 Å². The SMILES string of the molecule is Cc1c[n+](C)cnn1. The molecule has 0 unspecified atom stereocenters. The lowest BCUT2D eigenvalue weighted by molar-refractivity contribution is -0.675. The minimum atomic E-state index is 0.940. The van der Waals surface area contributed by atoms with Crippen molar-refractivity contribution >= 4 is 0 Å². The summed E-state index contributed by atoms with van der Waals surface area (Å²) in [6.07, 6.45) is 3.57. The highest BCUT2D eigenvalue weighted by Gasteiger charge is 1.90. The van der Waals surface area contributed by atoms with Crippen LogP contribution < -0.4 is 4.57 Å². The first kappa shape index (κ1) is 5.15. The second-order valence-corrected chi connectivity index (χ2v) is 1.77. The predicted molar refractivity (Wildman–Crippen MR) is 27.9 cm³/mol. The van der Waals surface area contributed by atoms with Crippen molar-refractivity contribution in [3.05, 3.63) is 18.2 Å². The molecular formula is C5H8N3+. The van der Waals surface area contributed by atoms with Gasteiger partial charge in [-0.1, -0.05) is 0 Å². The highest BCUT2D eigenvalue weighted by atomic mass is 15.2. The molecule has 3 heteroatoms. The Bertz CT molecular complexity index is 168. The maximum absolute atomic E-state index is 3.77. The molecule has 0 aliphatic heterocycles. The van der Waals surface area contributed by atoms with Gasteiger partial charge in [0.05, 0.1) is 12.1 Å². The molecule has 42 valence electrons. The molecule has 0 saturated heterocycles. The first-order chi connectivity index (χ1) is 3.79. The van der Waals surface area contributed by atoms with E-state index in [-0.39, 0.29) is 0 Å². The van der Waals surface area contributed by atoms with Gasteiger partial charge in [-0.3, -0.25) is 0 Å². The van der Waals surface area contributed by atoms with E-state index in [2.05, 4.69) is 10.2 Å². The third kappa shape index (κ3) is 0.992. The van der Waals surface area contributed by atoms with Gasteiger partial charge < -0.3 is 0 Å². The lowest BCUT2D eigenvalue weighted by Crippen LogP contribution is -2.28. The fourth-order valence-electron chi connectivity index (χ4n) is 0.552. The molecule has 0 aromatic carbocycles. The largest absolute Gasteiger partial charge is 0.314 e. The fourth-order valence-corrected chi connectivity index (χ4v) is 0.552. The van der Waals surface area contributed by atoms with E-state index in [1.165, 1.54) is 0 Å². The maximum Gasteiger partial charge on any atom is 0.314 e. The molecule has 3 nitrogen and oxygen atoms in total. The van der Waals surface area contributed by atoms with E-state index in [1.54, 1.807) is 6.33 Å². The van der Waals surface area contributed by atoms with Crippen LogP contribution in [0, 0.1) is 6.92 Å². The van der Waals surface area contributed by atoms with E-state index in [4.69, 9.17) is 0 Å². The van der Waals surface area contributed by atoms with Crippen LogP contribution in [0.5, 0.6) is 0 Å². The Morgan fingerprint density at radius 3 is 2.75 bits per heavy atom. The molecule has 0 amide bonds. The smallest absolute Gasteiger partial charge is 0.236 e. The number of aryl methyl sites for hydroxylation is 2. The summed E-state index contributed by atoms with van der Waals surface area (Å²) in [6.45, 7) is 1.91. The molecule has 0 radical (unpaired) electrons. The zero-order chi connectivity index (χ0) is 5.98. The number of aromatic nitrogens is 3. The molecule has 0 N–H and O–H groups in total. The van der Waals surface area contributed by atoms with Crippen LogP contribution in [0.3, 0.4) is 0 Å². The van der Waals surface area contributed by atoms with E-state index >= 15 is 0 Å².